The van der Waals surface area contributed by atoms with E-state index in [0.29, 0.717) is 35.5 Å². The fourth-order valence-electron chi connectivity index (χ4n) is 3.74. The maximum atomic E-state index is 13.1. The molecule has 1 saturated heterocycles. The molecular weight excluding hydrogens is 443 g/mol. The number of aromatic nitrogens is 1. The third kappa shape index (κ3) is 5.25. The first-order valence-corrected chi connectivity index (χ1v) is 11.4. The van der Waals surface area contributed by atoms with E-state index < -0.39 is 17.6 Å². The molecule has 1 unspecified atom stereocenters. The van der Waals surface area contributed by atoms with Crippen LogP contribution in [0.1, 0.15) is 38.6 Å². The zero-order chi connectivity index (χ0) is 23.4. The Kier molecular flexibility index (Phi) is 6.79. The lowest BCUT2D eigenvalue weighted by Crippen LogP contribution is -2.50. The Bertz CT molecular complexity index is 1160. The second kappa shape index (κ2) is 9.91. The molecule has 33 heavy (non-hydrogen) atoms. The van der Waals surface area contributed by atoms with Crippen LogP contribution in [0.2, 0.25) is 0 Å². The summed E-state index contributed by atoms with van der Waals surface area (Å²) in [5, 5.41) is 0.729. The largest absolute Gasteiger partial charge is 0.338 e. The molecule has 3 amide bonds. The van der Waals surface area contributed by atoms with Crippen LogP contribution in [-0.4, -0.2) is 40.7 Å². The van der Waals surface area contributed by atoms with Crippen molar-refractivity contribution in [1.82, 2.24) is 20.7 Å². The molecule has 0 aliphatic carbocycles. The zero-order valence-corrected chi connectivity index (χ0v) is 18.8. The van der Waals surface area contributed by atoms with Gasteiger partial charge in [0, 0.05) is 24.2 Å². The van der Waals surface area contributed by atoms with Gasteiger partial charge < -0.3 is 4.90 Å². The fourth-order valence-corrected chi connectivity index (χ4v) is 4.71. The monoisotopic (exact) mass is 466 g/mol. The lowest BCUT2D eigenvalue weighted by atomic mass is 9.96. The lowest BCUT2D eigenvalue weighted by molar-refractivity contribution is -0.127. The first-order chi connectivity index (χ1) is 15.9. The lowest BCUT2D eigenvalue weighted by Gasteiger charge is -2.32. The van der Waals surface area contributed by atoms with Gasteiger partial charge in [-0.1, -0.05) is 30.3 Å². The number of rotatable bonds is 4. The zero-order valence-electron chi connectivity index (χ0n) is 18.0. The molecule has 9 heteroatoms. The molecule has 1 fully saturated rings. The molecule has 170 valence electrons. The van der Waals surface area contributed by atoms with Crippen molar-refractivity contribution in [3.63, 3.8) is 0 Å². The Labute approximate surface area is 194 Å². The van der Waals surface area contributed by atoms with Crippen molar-refractivity contribution < 1.29 is 18.8 Å². The van der Waals surface area contributed by atoms with E-state index in [4.69, 9.17) is 0 Å². The molecule has 0 saturated carbocycles. The summed E-state index contributed by atoms with van der Waals surface area (Å²) in [7, 11) is 0. The second-order valence-corrected chi connectivity index (χ2v) is 8.84. The minimum atomic E-state index is -0.453. The summed E-state index contributed by atoms with van der Waals surface area (Å²) in [4.78, 5) is 44.5. The first-order valence-electron chi connectivity index (χ1n) is 10.6. The Morgan fingerprint density at radius 1 is 1.06 bits per heavy atom. The SMILES string of the molecule is Cc1nc(-c2ccccc2)sc1C(=O)NNC(=O)C1CCCN(C(=O)c2ccc(F)cc2)C1. The number of carbonyl (C=O) groups excluding carboxylic acids is 3. The van der Waals surface area contributed by atoms with Gasteiger partial charge in [0.1, 0.15) is 15.7 Å². The van der Waals surface area contributed by atoms with E-state index >= 15 is 0 Å². The number of nitrogens with one attached hydrogen (secondary N) is 2. The van der Waals surface area contributed by atoms with Gasteiger partial charge in [-0.15, -0.1) is 11.3 Å². The number of nitrogens with zero attached hydrogens (tertiary/aromatic N) is 2. The van der Waals surface area contributed by atoms with Gasteiger partial charge in [-0.25, -0.2) is 9.37 Å². The minimum Gasteiger partial charge on any atom is -0.338 e. The average Bonchev–Trinajstić information content (AvgIpc) is 3.24. The van der Waals surface area contributed by atoms with Gasteiger partial charge in [-0.05, 0) is 44.0 Å². The van der Waals surface area contributed by atoms with Gasteiger partial charge in [0.15, 0.2) is 0 Å². The van der Waals surface area contributed by atoms with E-state index in [9.17, 15) is 18.8 Å². The predicted octanol–water partition coefficient (Wildman–Crippen LogP) is 3.57. The van der Waals surface area contributed by atoms with Crippen molar-refractivity contribution in [3.8, 4) is 10.6 Å². The van der Waals surface area contributed by atoms with Crippen molar-refractivity contribution in [1.29, 1.82) is 0 Å². The van der Waals surface area contributed by atoms with Crippen LogP contribution in [0.15, 0.2) is 54.6 Å². The first kappa shape index (κ1) is 22.6. The maximum absolute atomic E-state index is 13.1. The van der Waals surface area contributed by atoms with Crippen LogP contribution in [0.3, 0.4) is 0 Å². The third-order valence-electron chi connectivity index (χ3n) is 5.49. The molecular formula is C24H23FN4O3S. The highest BCUT2D eigenvalue weighted by Gasteiger charge is 2.29. The van der Waals surface area contributed by atoms with Gasteiger partial charge in [0.2, 0.25) is 5.91 Å². The maximum Gasteiger partial charge on any atom is 0.281 e. The molecule has 4 rings (SSSR count). The molecule has 1 atom stereocenters. The molecule has 7 nitrogen and oxygen atoms in total. The van der Waals surface area contributed by atoms with Crippen molar-refractivity contribution in [2.45, 2.75) is 19.8 Å². The summed E-state index contributed by atoms with van der Waals surface area (Å²) >= 11 is 1.26. The molecule has 0 spiro atoms. The molecule has 2 heterocycles. The average molecular weight is 467 g/mol. The van der Waals surface area contributed by atoms with Crippen LogP contribution in [-0.2, 0) is 4.79 Å². The van der Waals surface area contributed by atoms with Crippen LogP contribution < -0.4 is 10.9 Å². The van der Waals surface area contributed by atoms with Crippen LogP contribution in [0.4, 0.5) is 4.39 Å². The van der Waals surface area contributed by atoms with E-state index in [1.54, 1.807) is 11.8 Å². The Morgan fingerprint density at radius 3 is 2.52 bits per heavy atom. The quantitative estimate of drug-likeness (QED) is 0.575. The number of hydrazine groups is 1. The number of hydrogen-bond acceptors (Lipinski definition) is 5. The summed E-state index contributed by atoms with van der Waals surface area (Å²) in [5.74, 6) is -1.90. The summed E-state index contributed by atoms with van der Waals surface area (Å²) < 4.78 is 13.1. The number of piperidine rings is 1. The minimum absolute atomic E-state index is 0.232. The number of likely N-dealkylation sites (tertiary alicyclic amines) is 1. The third-order valence-corrected chi connectivity index (χ3v) is 6.70. The topological polar surface area (TPSA) is 91.4 Å². The van der Waals surface area contributed by atoms with Crippen molar-refractivity contribution in [3.05, 3.63) is 76.5 Å². The summed E-state index contributed by atoms with van der Waals surface area (Å²) in [6.45, 7) is 2.50. The molecule has 2 aromatic carbocycles. The number of aryl methyl sites for hydroxylation is 1. The number of thiazole rings is 1. The van der Waals surface area contributed by atoms with Crippen molar-refractivity contribution in [2.75, 3.05) is 13.1 Å². The number of carbonyl (C=O) groups is 3. The van der Waals surface area contributed by atoms with Crippen LogP contribution in [0.25, 0.3) is 10.6 Å². The smallest absolute Gasteiger partial charge is 0.281 e. The van der Waals surface area contributed by atoms with Crippen molar-refractivity contribution in [2.24, 2.45) is 5.92 Å². The molecule has 1 aromatic heterocycles. The van der Waals surface area contributed by atoms with Gasteiger partial charge in [0.25, 0.3) is 11.8 Å². The van der Waals surface area contributed by atoms with Gasteiger partial charge in [-0.3, -0.25) is 25.2 Å². The van der Waals surface area contributed by atoms with E-state index in [-0.39, 0.29) is 18.4 Å². The van der Waals surface area contributed by atoms with Gasteiger partial charge in [0.05, 0.1) is 11.6 Å². The van der Waals surface area contributed by atoms with E-state index in [1.165, 1.54) is 35.6 Å². The highest BCUT2D eigenvalue weighted by Crippen LogP contribution is 2.27. The number of benzene rings is 2. The molecule has 0 bridgehead atoms. The number of halogens is 1. The van der Waals surface area contributed by atoms with Crippen LogP contribution in [0, 0.1) is 18.7 Å². The van der Waals surface area contributed by atoms with E-state index in [2.05, 4.69) is 15.8 Å². The number of hydrogen-bond donors (Lipinski definition) is 2. The highest BCUT2D eigenvalue weighted by molar-refractivity contribution is 7.17. The van der Waals surface area contributed by atoms with Gasteiger partial charge in [-0.2, -0.15) is 0 Å². The molecule has 1 aliphatic heterocycles. The Hall–Kier alpha value is -3.59. The summed E-state index contributed by atoms with van der Waals surface area (Å²) in [5.41, 5.74) is 6.83. The van der Waals surface area contributed by atoms with Crippen molar-refractivity contribution >= 4 is 29.1 Å². The van der Waals surface area contributed by atoms with Crippen LogP contribution >= 0.6 is 11.3 Å². The van der Waals surface area contributed by atoms with E-state index in [0.717, 1.165) is 10.6 Å². The summed E-state index contributed by atoms with van der Waals surface area (Å²) in [6.07, 6.45) is 1.26. The Balaban J connectivity index is 1.35. The molecule has 2 N–H and O–H groups in total. The van der Waals surface area contributed by atoms with Gasteiger partial charge >= 0.3 is 0 Å². The molecule has 0 radical (unpaired) electrons. The van der Waals surface area contributed by atoms with Crippen LogP contribution in [0.5, 0.6) is 0 Å². The highest BCUT2D eigenvalue weighted by atomic mass is 32.1. The van der Waals surface area contributed by atoms with E-state index in [1.807, 2.05) is 30.3 Å². The number of amides is 3. The standard InChI is InChI=1S/C24H23FN4O3S/c1-15-20(33-23(26-15)16-6-3-2-4-7-16)22(31)28-27-21(30)18-8-5-13-29(14-18)24(32)17-9-11-19(25)12-10-17/h2-4,6-7,9-12,18H,5,8,13-14H2,1H3,(H,27,30)(H,28,31). The fraction of sp³-hybridized carbons (Fsp3) is 0.250. The molecule has 3 aromatic rings. The normalized spacial score (nSPS) is 15.7. The predicted molar refractivity (Wildman–Crippen MR) is 123 cm³/mol. The summed E-state index contributed by atoms with van der Waals surface area (Å²) in [6, 6.07) is 14.9. The second-order valence-electron chi connectivity index (χ2n) is 7.84. The molecule has 1 aliphatic rings. The Morgan fingerprint density at radius 2 is 1.79 bits per heavy atom.